The lowest BCUT2D eigenvalue weighted by Gasteiger charge is -2.03. The largest absolute Gasteiger partial charge is 0.416 e. The zero-order valence-electron chi connectivity index (χ0n) is 7.15. The average Bonchev–Trinajstić information content (AvgIpc) is 2.55. The minimum absolute atomic E-state index is 0.0154. The summed E-state index contributed by atoms with van der Waals surface area (Å²) in [5, 5.41) is 17.1. The fraction of sp³-hybridized carbons (Fsp3) is 0.714. The van der Waals surface area contributed by atoms with Gasteiger partial charge in [-0.3, -0.25) is 0 Å². The van der Waals surface area contributed by atoms with Crippen LogP contribution in [0.15, 0.2) is 9.64 Å². The van der Waals surface area contributed by atoms with Crippen LogP contribution in [0.4, 0.5) is 0 Å². The number of hydrogen-bond acceptors (Lipinski definition) is 5. The highest BCUT2D eigenvalue weighted by molar-refractivity contribution is 7.98. The summed E-state index contributed by atoms with van der Waals surface area (Å²) in [6, 6.07) is 0. The van der Waals surface area contributed by atoms with Crippen LogP contribution in [0.1, 0.15) is 25.2 Å². The molecule has 0 aromatic carbocycles. The molecule has 0 amide bonds. The second-order valence-electron chi connectivity index (χ2n) is 2.40. The van der Waals surface area contributed by atoms with Gasteiger partial charge in [0.05, 0.1) is 12.5 Å². The lowest BCUT2D eigenvalue weighted by Crippen LogP contribution is -2.02. The van der Waals surface area contributed by atoms with Gasteiger partial charge >= 0.3 is 0 Å². The Morgan fingerprint density at radius 1 is 1.58 bits per heavy atom. The molecule has 0 bridgehead atoms. The van der Waals surface area contributed by atoms with E-state index in [9.17, 15) is 0 Å². The Morgan fingerprint density at radius 2 is 2.33 bits per heavy atom. The number of thioether (sulfide) groups is 1. The van der Waals surface area contributed by atoms with E-state index in [0.717, 1.165) is 6.42 Å². The molecule has 1 aromatic rings. The first-order valence-electron chi connectivity index (χ1n) is 3.80. The van der Waals surface area contributed by atoms with Crippen molar-refractivity contribution >= 4 is 11.8 Å². The summed E-state index contributed by atoms with van der Waals surface area (Å²) in [6.45, 7) is 2.04. The Morgan fingerprint density at radius 3 is 2.75 bits per heavy atom. The van der Waals surface area contributed by atoms with Gasteiger partial charge in [0.15, 0.2) is 0 Å². The van der Waals surface area contributed by atoms with Gasteiger partial charge in [0.1, 0.15) is 0 Å². The van der Waals surface area contributed by atoms with E-state index in [0.29, 0.717) is 11.1 Å². The van der Waals surface area contributed by atoms with Crippen LogP contribution in [-0.2, 0) is 0 Å². The predicted molar refractivity (Wildman–Crippen MR) is 46.2 cm³/mol. The second-order valence-corrected chi connectivity index (χ2v) is 3.16. The summed E-state index contributed by atoms with van der Waals surface area (Å²) in [4.78, 5) is 0. The van der Waals surface area contributed by atoms with Crippen molar-refractivity contribution in [3.05, 3.63) is 5.89 Å². The molecular formula is C7H12N2O2S. The highest BCUT2D eigenvalue weighted by atomic mass is 32.2. The molecule has 1 atom stereocenters. The van der Waals surface area contributed by atoms with Gasteiger partial charge in [-0.25, -0.2) is 0 Å². The molecule has 0 saturated heterocycles. The molecule has 1 N–H and O–H groups in total. The van der Waals surface area contributed by atoms with Gasteiger partial charge in [-0.05, 0) is 12.7 Å². The molecule has 68 valence electrons. The molecule has 0 saturated carbocycles. The molecule has 0 fully saturated rings. The number of hydrogen-bond donors (Lipinski definition) is 1. The zero-order chi connectivity index (χ0) is 8.97. The zero-order valence-corrected chi connectivity index (χ0v) is 7.97. The van der Waals surface area contributed by atoms with Gasteiger partial charge in [0.2, 0.25) is 5.89 Å². The van der Waals surface area contributed by atoms with Crippen LogP contribution >= 0.6 is 11.8 Å². The second kappa shape index (κ2) is 4.47. The molecule has 5 heteroatoms. The first kappa shape index (κ1) is 9.54. The Hall–Kier alpha value is -0.550. The van der Waals surface area contributed by atoms with Crippen molar-refractivity contribution in [2.45, 2.75) is 24.5 Å². The molecule has 0 spiro atoms. The smallest absolute Gasteiger partial charge is 0.276 e. The standard InChI is InChI=1S/C7H12N2O2S/c1-3-5(4-10)6-8-9-7(11-6)12-2/h5,10H,3-4H2,1-2H3. The van der Waals surface area contributed by atoms with Crippen LogP contribution < -0.4 is 0 Å². The van der Waals surface area contributed by atoms with E-state index in [-0.39, 0.29) is 12.5 Å². The maximum absolute atomic E-state index is 8.93. The van der Waals surface area contributed by atoms with Crippen molar-refractivity contribution in [3.8, 4) is 0 Å². The van der Waals surface area contributed by atoms with Gasteiger partial charge in [-0.2, -0.15) is 0 Å². The van der Waals surface area contributed by atoms with E-state index in [1.165, 1.54) is 11.8 Å². The lowest BCUT2D eigenvalue weighted by molar-refractivity contribution is 0.236. The third-order valence-electron chi connectivity index (χ3n) is 1.66. The average molecular weight is 188 g/mol. The molecular weight excluding hydrogens is 176 g/mol. The highest BCUT2D eigenvalue weighted by Crippen LogP contribution is 2.20. The molecule has 1 rings (SSSR count). The summed E-state index contributed by atoms with van der Waals surface area (Å²) >= 11 is 1.41. The fourth-order valence-corrected chi connectivity index (χ4v) is 1.14. The van der Waals surface area contributed by atoms with Crippen molar-refractivity contribution in [1.82, 2.24) is 10.2 Å². The third-order valence-corrected chi connectivity index (χ3v) is 2.17. The van der Waals surface area contributed by atoms with Gasteiger partial charge < -0.3 is 9.52 Å². The van der Waals surface area contributed by atoms with Crippen molar-refractivity contribution in [3.63, 3.8) is 0 Å². The Labute approximate surface area is 75.4 Å². The lowest BCUT2D eigenvalue weighted by atomic mass is 10.1. The van der Waals surface area contributed by atoms with E-state index in [2.05, 4.69) is 10.2 Å². The van der Waals surface area contributed by atoms with Crippen molar-refractivity contribution in [2.24, 2.45) is 0 Å². The normalized spacial score (nSPS) is 13.2. The molecule has 1 unspecified atom stereocenters. The summed E-state index contributed by atoms with van der Waals surface area (Å²) in [5.41, 5.74) is 0. The first-order valence-corrected chi connectivity index (χ1v) is 5.02. The van der Waals surface area contributed by atoms with Crippen molar-refractivity contribution in [2.75, 3.05) is 12.9 Å². The van der Waals surface area contributed by atoms with E-state index < -0.39 is 0 Å². The van der Waals surface area contributed by atoms with E-state index in [4.69, 9.17) is 9.52 Å². The topological polar surface area (TPSA) is 59.2 Å². The number of rotatable bonds is 4. The van der Waals surface area contributed by atoms with Gasteiger partial charge in [-0.15, -0.1) is 10.2 Å². The molecule has 1 heterocycles. The summed E-state index contributed by atoms with van der Waals surface area (Å²) in [5.74, 6) is 0.516. The van der Waals surface area contributed by atoms with Crippen molar-refractivity contribution in [1.29, 1.82) is 0 Å². The Bertz CT molecular complexity index is 235. The maximum Gasteiger partial charge on any atom is 0.276 e. The monoisotopic (exact) mass is 188 g/mol. The SMILES string of the molecule is CCC(CO)c1nnc(SC)o1. The van der Waals surface area contributed by atoms with Crippen LogP contribution in [0.25, 0.3) is 0 Å². The van der Waals surface area contributed by atoms with Crippen LogP contribution in [-0.4, -0.2) is 28.2 Å². The molecule has 1 aromatic heterocycles. The maximum atomic E-state index is 8.93. The van der Waals surface area contributed by atoms with E-state index in [1.807, 2.05) is 13.2 Å². The summed E-state index contributed by atoms with van der Waals surface area (Å²) < 4.78 is 5.26. The number of aliphatic hydroxyl groups is 1. The Balaban J connectivity index is 2.72. The molecule has 0 aliphatic heterocycles. The summed E-state index contributed by atoms with van der Waals surface area (Å²) in [6.07, 6.45) is 2.68. The molecule has 0 aliphatic rings. The van der Waals surface area contributed by atoms with Crippen LogP contribution in [0, 0.1) is 0 Å². The quantitative estimate of drug-likeness (QED) is 0.721. The van der Waals surface area contributed by atoms with Gasteiger partial charge in [0, 0.05) is 0 Å². The van der Waals surface area contributed by atoms with Gasteiger partial charge in [-0.1, -0.05) is 18.7 Å². The van der Waals surface area contributed by atoms with Crippen LogP contribution in [0.3, 0.4) is 0 Å². The van der Waals surface area contributed by atoms with E-state index >= 15 is 0 Å². The molecule has 0 aliphatic carbocycles. The van der Waals surface area contributed by atoms with Crippen molar-refractivity contribution < 1.29 is 9.52 Å². The minimum Gasteiger partial charge on any atom is -0.416 e. The highest BCUT2D eigenvalue weighted by Gasteiger charge is 2.15. The first-order chi connectivity index (χ1) is 5.81. The number of aliphatic hydroxyl groups excluding tert-OH is 1. The molecule has 0 radical (unpaired) electrons. The molecule has 4 nitrogen and oxygen atoms in total. The van der Waals surface area contributed by atoms with Crippen LogP contribution in [0.2, 0.25) is 0 Å². The Kier molecular flexibility index (Phi) is 3.55. The van der Waals surface area contributed by atoms with E-state index in [1.54, 1.807) is 0 Å². The third kappa shape index (κ3) is 1.98. The fourth-order valence-electron chi connectivity index (χ4n) is 0.850. The number of nitrogens with zero attached hydrogens (tertiary/aromatic N) is 2. The molecule has 12 heavy (non-hydrogen) atoms. The predicted octanol–water partition coefficient (Wildman–Crippen LogP) is 1.28. The minimum atomic E-state index is -0.0154. The van der Waals surface area contributed by atoms with Crippen LogP contribution in [0.5, 0.6) is 0 Å². The summed E-state index contributed by atoms with van der Waals surface area (Å²) in [7, 11) is 0. The number of aromatic nitrogens is 2. The van der Waals surface area contributed by atoms with Gasteiger partial charge in [0.25, 0.3) is 5.22 Å².